The summed E-state index contributed by atoms with van der Waals surface area (Å²) in [4.78, 5) is 0. The number of nitrogens with zero attached hydrogens (tertiary/aromatic N) is 2. The fourth-order valence-corrected chi connectivity index (χ4v) is 2.43. The van der Waals surface area contributed by atoms with Crippen molar-refractivity contribution < 1.29 is 0 Å². The van der Waals surface area contributed by atoms with Gasteiger partial charge in [-0.25, -0.2) is 4.68 Å². The van der Waals surface area contributed by atoms with Crippen LogP contribution in [0, 0.1) is 5.92 Å². The number of rotatable bonds is 3. The quantitative estimate of drug-likeness (QED) is 0.826. The lowest BCUT2D eigenvalue weighted by Crippen LogP contribution is -2.30. The fourth-order valence-electron chi connectivity index (χ4n) is 2.43. The maximum atomic E-state index is 4.70. The van der Waals surface area contributed by atoms with E-state index in [1.54, 1.807) is 0 Å². The van der Waals surface area contributed by atoms with E-state index in [2.05, 4.69) is 36.8 Å². The Morgan fingerprint density at radius 2 is 2.33 bits per heavy atom. The summed E-state index contributed by atoms with van der Waals surface area (Å²) in [6.45, 7) is 7.82. The molecule has 1 aliphatic rings. The second-order valence-corrected chi connectivity index (χ2v) is 4.55. The summed E-state index contributed by atoms with van der Waals surface area (Å²) in [6.07, 6.45) is 3.43. The Balaban J connectivity index is 2.27. The molecule has 0 saturated carbocycles. The van der Waals surface area contributed by atoms with Crippen molar-refractivity contribution in [3.05, 3.63) is 11.8 Å². The lowest BCUT2D eigenvalue weighted by atomic mass is 9.98. The van der Waals surface area contributed by atoms with Crippen LogP contribution in [0.25, 0.3) is 0 Å². The molecule has 0 saturated heterocycles. The fraction of sp³-hybridized carbons (Fsp3) is 0.750. The van der Waals surface area contributed by atoms with Gasteiger partial charge in [0.05, 0.1) is 11.7 Å². The maximum absolute atomic E-state index is 4.70. The highest BCUT2D eigenvalue weighted by Crippen LogP contribution is 2.30. The monoisotopic (exact) mass is 207 g/mol. The van der Waals surface area contributed by atoms with Crippen molar-refractivity contribution in [2.45, 2.75) is 46.1 Å². The van der Waals surface area contributed by atoms with E-state index >= 15 is 0 Å². The molecule has 3 nitrogen and oxygen atoms in total. The van der Waals surface area contributed by atoms with Crippen LogP contribution in [0.5, 0.6) is 0 Å². The van der Waals surface area contributed by atoms with Crippen LogP contribution in [0.4, 0.5) is 5.82 Å². The van der Waals surface area contributed by atoms with Gasteiger partial charge in [0.15, 0.2) is 0 Å². The minimum absolute atomic E-state index is 0.576. The van der Waals surface area contributed by atoms with Crippen LogP contribution in [-0.2, 0) is 6.42 Å². The van der Waals surface area contributed by atoms with E-state index in [-0.39, 0.29) is 0 Å². The molecule has 84 valence electrons. The Morgan fingerprint density at radius 3 is 3.00 bits per heavy atom. The number of nitrogens with one attached hydrogen (secondary N) is 1. The topological polar surface area (TPSA) is 29.9 Å². The molecule has 1 N–H and O–H groups in total. The lowest BCUT2D eigenvalue weighted by molar-refractivity contribution is 0.312. The Hall–Kier alpha value is -0.990. The summed E-state index contributed by atoms with van der Waals surface area (Å²) in [5, 5.41) is 8.15. The number of anilines is 1. The molecule has 2 heterocycles. The highest BCUT2D eigenvalue weighted by molar-refractivity contribution is 5.39. The molecule has 0 aromatic carbocycles. The van der Waals surface area contributed by atoms with Gasteiger partial charge < -0.3 is 5.32 Å². The van der Waals surface area contributed by atoms with Crippen molar-refractivity contribution in [2.24, 2.45) is 5.92 Å². The van der Waals surface area contributed by atoms with Crippen molar-refractivity contribution >= 4 is 5.82 Å². The van der Waals surface area contributed by atoms with Gasteiger partial charge in [-0.15, -0.1) is 0 Å². The van der Waals surface area contributed by atoms with Crippen molar-refractivity contribution in [3.63, 3.8) is 0 Å². The molecule has 0 bridgehead atoms. The molecule has 0 spiro atoms. The minimum atomic E-state index is 0.576. The predicted molar refractivity (Wildman–Crippen MR) is 63.2 cm³/mol. The molecule has 2 rings (SSSR count). The first-order valence-corrected chi connectivity index (χ1v) is 6.08. The van der Waals surface area contributed by atoms with E-state index in [1.807, 2.05) is 0 Å². The molecule has 2 atom stereocenters. The highest BCUT2D eigenvalue weighted by atomic mass is 15.4. The molecule has 0 radical (unpaired) electrons. The number of fused-ring (bicyclic) bond motifs is 1. The molecule has 1 aromatic heterocycles. The summed E-state index contributed by atoms with van der Waals surface area (Å²) in [7, 11) is 0. The smallest absolute Gasteiger partial charge is 0.124 e. The normalized spacial score (nSPS) is 24.7. The largest absolute Gasteiger partial charge is 0.370 e. The van der Waals surface area contributed by atoms with Gasteiger partial charge in [-0.3, -0.25) is 0 Å². The highest BCUT2D eigenvalue weighted by Gasteiger charge is 2.25. The van der Waals surface area contributed by atoms with Crippen LogP contribution in [0.3, 0.4) is 0 Å². The SMILES string of the molecule is CCCc1cc2n(n1)C(CC)C(C)CN2. The van der Waals surface area contributed by atoms with E-state index < -0.39 is 0 Å². The van der Waals surface area contributed by atoms with E-state index in [0.717, 1.165) is 13.0 Å². The first-order valence-electron chi connectivity index (χ1n) is 6.08. The predicted octanol–water partition coefficient (Wildman–Crippen LogP) is 2.85. The Bertz CT molecular complexity index is 330. The first kappa shape index (κ1) is 10.5. The molecule has 3 heteroatoms. The van der Waals surface area contributed by atoms with Crippen LogP contribution < -0.4 is 5.32 Å². The summed E-state index contributed by atoms with van der Waals surface area (Å²) in [5.74, 6) is 1.89. The Labute approximate surface area is 91.9 Å². The third-order valence-electron chi connectivity index (χ3n) is 3.29. The van der Waals surface area contributed by atoms with Crippen molar-refractivity contribution in [1.29, 1.82) is 0 Å². The first-order chi connectivity index (χ1) is 7.26. The molecule has 0 aliphatic carbocycles. The van der Waals surface area contributed by atoms with Gasteiger partial charge in [-0.05, 0) is 18.8 Å². The standard InChI is InChI=1S/C12H21N3/c1-4-6-10-7-12-13-8-9(3)11(5-2)15(12)14-10/h7,9,11,13H,4-6,8H2,1-3H3. The third kappa shape index (κ3) is 1.87. The average Bonchev–Trinajstić information content (AvgIpc) is 2.61. The van der Waals surface area contributed by atoms with Gasteiger partial charge in [0.2, 0.25) is 0 Å². The van der Waals surface area contributed by atoms with E-state index in [0.29, 0.717) is 12.0 Å². The maximum Gasteiger partial charge on any atom is 0.124 e. The Kier molecular flexibility index (Phi) is 2.98. The zero-order chi connectivity index (χ0) is 10.8. The van der Waals surface area contributed by atoms with Crippen molar-refractivity contribution in [2.75, 3.05) is 11.9 Å². The van der Waals surface area contributed by atoms with E-state index in [1.165, 1.54) is 24.4 Å². The van der Waals surface area contributed by atoms with Crippen molar-refractivity contribution in [1.82, 2.24) is 9.78 Å². The molecule has 1 aromatic rings. The zero-order valence-corrected chi connectivity index (χ0v) is 9.95. The zero-order valence-electron chi connectivity index (χ0n) is 9.95. The molecule has 0 fully saturated rings. The van der Waals surface area contributed by atoms with E-state index in [9.17, 15) is 0 Å². The number of hydrogen-bond acceptors (Lipinski definition) is 2. The van der Waals surface area contributed by atoms with Crippen LogP contribution >= 0.6 is 0 Å². The summed E-state index contributed by atoms with van der Waals surface area (Å²) in [5.41, 5.74) is 1.23. The molecular formula is C12H21N3. The lowest BCUT2D eigenvalue weighted by Gasteiger charge is -2.30. The number of aromatic nitrogens is 2. The molecule has 0 amide bonds. The number of hydrogen-bond donors (Lipinski definition) is 1. The van der Waals surface area contributed by atoms with Gasteiger partial charge in [-0.2, -0.15) is 5.10 Å². The second kappa shape index (κ2) is 4.25. The van der Waals surface area contributed by atoms with Gasteiger partial charge in [0.25, 0.3) is 0 Å². The van der Waals surface area contributed by atoms with Crippen LogP contribution in [0.15, 0.2) is 6.07 Å². The third-order valence-corrected chi connectivity index (χ3v) is 3.29. The van der Waals surface area contributed by atoms with E-state index in [4.69, 9.17) is 5.10 Å². The van der Waals surface area contributed by atoms with Gasteiger partial charge in [0, 0.05) is 12.6 Å². The molecular weight excluding hydrogens is 186 g/mol. The van der Waals surface area contributed by atoms with Crippen molar-refractivity contribution in [3.8, 4) is 0 Å². The van der Waals surface area contributed by atoms with Crippen LogP contribution in [0.2, 0.25) is 0 Å². The second-order valence-electron chi connectivity index (χ2n) is 4.55. The summed E-state index contributed by atoms with van der Waals surface area (Å²) in [6, 6.07) is 2.78. The molecule has 15 heavy (non-hydrogen) atoms. The van der Waals surface area contributed by atoms with Gasteiger partial charge in [0.1, 0.15) is 5.82 Å². The minimum Gasteiger partial charge on any atom is -0.370 e. The average molecular weight is 207 g/mol. The van der Waals surface area contributed by atoms with Crippen LogP contribution in [-0.4, -0.2) is 16.3 Å². The molecule has 1 aliphatic heterocycles. The summed E-state index contributed by atoms with van der Waals surface area (Å²) < 4.78 is 2.19. The molecule has 2 unspecified atom stereocenters. The van der Waals surface area contributed by atoms with Gasteiger partial charge >= 0.3 is 0 Å². The van der Waals surface area contributed by atoms with Crippen LogP contribution in [0.1, 0.15) is 45.3 Å². The summed E-state index contributed by atoms with van der Waals surface area (Å²) >= 11 is 0. The number of aryl methyl sites for hydroxylation is 1. The Morgan fingerprint density at radius 1 is 1.53 bits per heavy atom. The van der Waals surface area contributed by atoms with Gasteiger partial charge in [-0.1, -0.05) is 27.2 Å².